The van der Waals surface area contributed by atoms with E-state index in [1.807, 2.05) is 24.3 Å². The molecular weight excluding hydrogens is 220 g/mol. The van der Waals surface area contributed by atoms with Crippen LogP contribution in [0.3, 0.4) is 0 Å². The number of hydrogen-bond acceptors (Lipinski definition) is 4. The highest BCUT2D eigenvalue weighted by Crippen LogP contribution is 2.15. The van der Waals surface area contributed by atoms with Crippen LogP contribution in [0.5, 0.6) is 0 Å². The van der Waals surface area contributed by atoms with E-state index >= 15 is 0 Å². The van der Waals surface area contributed by atoms with Gasteiger partial charge in [-0.05, 0) is 6.07 Å². The Morgan fingerprint density at radius 1 is 1.41 bits per heavy atom. The summed E-state index contributed by atoms with van der Waals surface area (Å²) in [5, 5.41) is 2.77. The maximum absolute atomic E-state index is 11.5. The molecule has 0 aromatic heterocycles. The number of para-hydroxylation sites is 1. The highest BCUT2D eigenvalue weighted by atomic mass is 16.5. The first kappa shape index (κ1) is 13.6. The first-order chi connectivity index (χ1) is 8.27. The Hall–Kier alpha value is -1.43. The molecule has 3 N–H and O–H groups in total. The van der Waals surface area contributed by atoms with Gasteiger partial charge in [-0.2, -0.15) is 0 Å². The Morgan fingerprint density at radius 3 is 2.88 bits per heavy atom. The van der Waals surface area contributed by atoms with E-state index in [0.717, 1.165) is 11.3 Å². The largest absolute Gasteiger partial charge is 0.380 e. The summed E-state index contributed by atoms with van der Waals surface area (Å²) >= 11 is 0. The fraction of sp³-hybridized carbons (Fsp3) is 0.417. The van der Waals surface area contributed by atoms with Gasteiger partial charge in [-0.15, -0.1) is 0 Å². The second kappa shape index (κ2) is 7.78. The summed E-state index contributed by atoms with van der Waals surface area (Å²) in [6, 6.07) is 7.49. The minimum absolute atomic E-state index is 0.0124. The van der Waals surface area contributed by atoms with Crippen molar-refractivity contribution in [2.24, 2.45) is 5.73 Å². The molecule has 0 aliphatic rings. The molecule has 0 spiro atoms. The van der Waals surface area contributed by atoms with Crippen LogP contribution in [0, 0.1) is 0 Å². The number of nitrogens with two attached hydrogens (primary N) is 1. The summed E-state index contributed by atoms with van der Waals surface area (Å²) in [5.74, 6) is -0.193. The number of benzene rings is 1. The maximum atomic E-state index is 11.5. The van der Waals surface area contributed by atoms with Crippen molar-refractivity contribution in [2.45, 2.75) is 6.61 Å². The van der Waals surface area contributed by atoms with Crippen molar-refractivity contribution in [2.75, 3.05) is 32.2 Å². The lowest BCUT2D eigenvalue weighted by molar-refractivity contribution is -0.120. The first-order valence-corrected chi connectivity index (χ1v) is 5.42. The van der Waals surface area contributed by atoms with Crippen LogP contribution in [0.1, 0.15) is 5.56 Å². The van der Waals surface area contributed by atoms with Gasteiger partial charge >= 0.3 is 0 Å². The molecule has 0 aliphatic heterocycles. The Labute approximate surface area is 101 Å². The molecule has 0 saturated heterocycles. The molecule has 0 radical (unpaired) electrons. The highest BCUT2D eigenvalue weighted by molar-refractivity contribution is 5.92. The predicted molar refractivity (Wildman–Crippen MR) is 65.7 cm³/mol. The van der Waals surface area contributed by atoms with E-state index in [1.54, 1.807) is 7.11 Å². The third-order valence-electron chi connectivity index (χ3n) is 2.09. The van der Waals surface area contributed by atoms with E-state index in [2.05, 4.69) is 5.32 Å². The molecule has 1 aromatic rings. The second-order valence-electron chi connectivity index (χ2n) is 3.48. The van der Waals surface area contributed by atoms with Crippen molar-refractivity contribution in [3.05, 3.63) is 29.8 Å². The Kier molecular flexibility index (Phi) is 6.24. The van der Waals surface area contributed by atoms with Crippen LogP contribution in [-0.4, -0.2) is 32.8 Å². The van der Waals surface area contributed by atoms with Crippen molar-refractivity contribution < 1.29 is 14.3 Å². The average Bonchev–Trinajstić information content (AvgIpc) is 2.32. The molecule has 0 aliphatic carbocycles. The summed E-state index contributed by atoms with van der Waals surface area (Å²) in [5.41, 5.74) is 6.94. The Morgan fingerprint density at radius 2 is 2.18 bits per heavy atom. The quantitative estimate of drug-likeness (QED) is 0.687. The monoisotopic (exact) mass is 238 g/mol. The summed E-state index contributed by atoms with van der Waals surface area (Å²) in [7, 11) is 1.61. The van der Waals surface area contributed by atoms with Crippen LogP contribution in [0.4, 0.5) is 5.69 Å². The van der Waals surface area contributed by atoms with Gasteiger partial charge < -0.3 is 20.5 Å². The van der Waals surface area contributed by atoms with Crippen molar-refractivity contribution >= 4 is 11.6 Å². The number of methoxy groups -OCH3 is 1. The molecule has 17 heavy (non-hydrogen) atoms. The fourth-order valence-electron chi connectivity index (χ4n) is 1.36. The number of anilines is 1. The lowest BCUT2D eigenvalue weighted by Gasteiger charge is -2.10. The predicted octanol–water partition coefficient (Wildman–Crippen LogP) is 0.747. The van der Waals surface area contributed by atoms with Crippen molar-refractivity contribution in [3.63, 3.8) is 0 Å². The second-order valence-corrected chi connectivity index (χ2v) is 3.48. The van der Waals surface area contributed by atoms with Crippen LogP contribution in [0.25, 0.3) is 0 Å². The van der Waals surface area contributed by atoms with Crippen molar-refractivity contribution in [1.82, 2.24) is 0 Å². The lowest BCUT2D eigenvalue weighted by Crippen LogP contribution is -2.21. The summed E-state index contributed by atoms with van der Waals surface area (Å²) in [6.07, 6.45) is 0. The molecule has 94 valence electrons. The molecule has 0 bridgehead atoms. The van der Waals surface area contributed by atoms with Gasteiger partial charge in [0.25, 0.3) is 0 Å². The van der Waals surface area contributed by atoms with E-state index in [4.69, 9.17) is 15.2 Å². The number of nitrogens with one attached hydrogen (secondary N) is 1. The van der Waals surface area contributed by atoms with Gasteiger partial charge in [0, 0.05) is 24.9 Å². The third-order valence-corrected chi connectivity index (χ3v) is 2.09. The number of rotatable bonds is 7. The van der Waals surface area contributed by atoms with Crippen LogP contribution in [-0.2, 0) is 20.9 Å². The molecule has 1 aromatic carbocycles. The average molecular weight is 238 g/mol. The van der Waals surface area contributed by atoms with Crippen molar-refractivity contribution in [3.8, 4) is 0 Å². The van der Waals surface area contributed by atoms with Crippen LogP contribution in [0.2, 0.25) is 0 Å². The van der Waals surface area contributed by atoms with E-state index in [9.17, 15) is 4.79 Å². The van der Waals surface area contributed by atoms with E-state index in [-0.39, 0.29) is 12.5 Å². The van der Waals surface area contributed by atoms with Gasteiger partial charge in [-0.3, -0.25) is 4.79 Å². The molecule has 0 saturated carbocycles. The molecule has 1 rings (SSSR count). The van der Waals surface area contributed by atoms with Gasteiger partial charge in [0.1, 0.15) is 6.61 Å². The number of hydrogen-bond donors (Lipinski definition) is 2. The molecular formula is C12H18N2O3. The molecule has 1 amide bonds. The third kappa shape index (κ3) is 4.95. The Balaban J connectivity index is 2.52. The molecule has 5 heteroatoms. The molecule has 5 nitrogen and oxygen atoms in total. The first-order valence-electron chi connectivity index (χ1n) is 5.42. The minimum atomic E-state index is -0.193. The molecule has 0 unspecified atom stereocenters. The van der Waals surface area contributed by atoms with E-state index < -0.39 is 0 Å². The van der Waals surface area contributed by atoms with Gasteiger partial charge in [-0.1, -0.05) is 18.2 Å². The van der Waals surface area contributed by atoms with Crippen LogP contribution in [0.15, 0.2) is 24.3 Å². The standard InChI is InChI=1S/C12H18N2O3/c1-16-8-10-4-2-3-5-11(10)14-12(15)9-17-7-6-13/h2-5H,6-9,13H2,1H3,(H,14,15). The minimum Gasteiger partial charge on any atom is -0.380 e. The van der Waals surface area contributed by atoms with Crippen LogP contribution >= 0.6 is 0 Å². The topological polar surface area (TPSA) is 73.6 Å². The number of ether oxygens (including phenoxy) is 2. The zero-order chi connectivity index (χ0) is 12.5. The zero-order valence-corrected chi connectivity index (χ0v) is 9.94. The zero-order valence-electron chi connectivity index (χ0n) is 9.94. The smallest absolute Gasteiger partial charge is 0.250 e. The number of carbonyl (C=O) groups is 1. The maximum Gasteiger partial charge on any atom is 0.250 e. The highest BCUT2D eigenvalue weighted by Gasteiger charge is 2.06. The van der Waals surface area contributed by atoms with E-state index in [1.165, 1.54) is 0 Å². The fourth-order valence-corrected chi connectivity index (χ4v) is 1.36. The summed E-state index contributed by atoms with van der Waals surface area (Å²) in [4.78, 5) is 11.5. The molecule has 0 fully saturated rings. The van der Waals surface area contributed by atoms with Crippen LogP contribution < -0.4 is 11.1 Å². The summed E-state index contributed by atoms with van der Waals surface area (Å²) < 4.78 is 10.1. The van der Waals surface area contributed by atoms with Crippen molar-refractivity contribution in [1.29, 1.82) is 0 Å². The van der Waals surface area contributed by atoms with Gasteiger partial charge in [0.15, 0.2) is 0 Å². The SMILES string of the molecule is COCc1ccccc1NC(=O)COCCN. The van der Waals surface area contributed by atoms with Gasteiger partial charge in [-0.25, -0.2) is 0 Å². The Bertz CT molecular complexity index is 355. The number of carbonyl (C=O) groups excluding carboxylic acids is 1. The van der Waals surface area contributed by atoms with Gasteiger partial charge in [0.2, 0.25) is 5.91 Å². The van der Waals surface area contributed by atoms with Gasteiger partial charge in [0.05, 0.1) is 13.2 Å². The number of amides is 1. The lowest BCUT2D eigenvalue weighted by atomic mass is 10.2. The molecule has 0 heterocycles. The normalized spacial score (nSPS) is 10.2. The molecule has 0 atom stereocenters. The summed E-state index contributed by atoms with van der Waals surface area (Å²) in [6.45, 7) is 1.26. The van der Waals surface area contributed by atoms with E-state index in [0.29, 0.717) is 19.8 Å².